The molecule has 1 unspecified atom stereocenters. The normalized spacial score (nSPS) is 15.7. The third-order valence-corrected chi connectivity index (χ3v) is 8.59. The first kappa shape index (κ1) is 28.7. The molecule has 13 heteroatoms. The average molecular weight is 521 g/mol. The van der Waals surface area contributed by atoms with Crippen LogP contribution in [-0.2, 0) is 41.3 Å². The molecule has 1 heterocycles. The van der Waals surface area contributed by atoms with Gasteiger partial charge in [-0.2, -0.15) is 0 Å². The van der Waals surface area contributed by atoms with Gasteiger partial charge in [0.05, 0.1) is 33.0 Å². The van der Waals surface area contributed by atoms with Crippen molar-refractivity contribution < 1.29 is 46.1 Å². The maximum atomic E-state index is 13.6. The van der Waals surface area contributed by atoms with Crippen LogP contribution in [0.25, 0.3) is 0 Å². The van der Waals surface area contributed by atoms with Crippen LogP contribution in [0.5, 0.6) is 5.75 Å². The number of ether oxygens (including phenoxy) is 1. The third kappa shape index (κ3) is 7.71. The lowest BCUT2D eigenvalue weighted by molar-refractivity contribution is -0.138. The minimum Gasteiger partial charge on any atom is -0.492 e. The SMILES string of the molecule is CCOP(=O)(OCC)OC(c1cccc(OCCN2C(=O)CCC2=O)c1)P(=O)(OCC)OCC. The highest BCUT2D eigenvalue weighted by Crippen LogP contribution is 2.67. The van der Waals surface area contributed by atoms with Crippen LogP contribution < -0.4 is 4.74 Å². The maximum Gasteiger partial charge on any atom is 0.475 e. The summed E-state index contributed by atoms with van der Waals surface area (Å²) in [6, 6.07) is 6.40. The van der Waals surface area contributed by atoms with Gasteiger partial charge in [-0.1, -0.05) is 12.1 Å². The molecule has 1 atom stereocenters. The summed E-state index contributed by atoms with van der Waals surface area (Å²) in [5, 5.41) is 0. The van der Waals surface area contributed by atoms with Gasteiger partial charge in [0.2, 0.25) is 11.8 Å². The fourth-order valence-electron chi connectivity index (χ4n) is 3.26. The molecule has 0 aliphatic carbocycles. The summed E-state index contributed by atoms with van der Waals surface area (Å²) < 4.78 is 59.5. The molecule has 1 aliphatic rings. The molecule has 1 aromatic rings. The van der Waals surface area contributed by atoms with Gasteiger partial charge in [0.15, 0.2) is 5.85 Å². The summed E-state index contributed by atoms with van der Waals surface area (Å²) in [7, 11) is -8.09. The van der Waals surface area contributed by atoms with E-state index in [2.05, 4.69) is 0 Å². The monoisotopic (exact) mass is 521 g/mol. The fourth-order valence-corrected chi connectivity index (χ4v) is 6.85. The van der Waals surface area contributed by atoms with E-state index in [1.807, 2.05) is 0 Å². The summed E-state index contributed by atoms with van der Waals surface area (Å²) in [4.78, 5) is 24.7. The van der Waals surface area contributed by atoms with Gasteiger partial charge in [0, 0.05) is 12.8 Å². The molecule has 0 N–H and O–H groups in total. The van der Waals surface area contributed by atoms with Gasteiger partial charge >= 0.3 is 15.4 Å². The molecule has 1 fully saturated rings. The van der Waals surface area contributed by atoms with Crippen molar-refractivity contribution in [1.82, 2.24) is 4.90 Å². The number of rotatable bonds is 16. The van der Waals surface area contributed by atoms with E-state index in [9.17, 15) is 18.7 Å². The molecule has 34 heavy (non-hydrogen) atoms. The Morgan fingerprint density at radius 3 is 1.97 bits per heavy atom. The second-order valence-corrected chi connectivity index (χ2v) is 10.7. The molecular formula is C21H33NO10P2. The van der Waals surface area contributed by atoms with Crippen molar-refractivity contribution in [3.63, 3.8) is 0 Å². The van der Waals surface area contributed by atoms with E-state index in [0.717, 1.165) is 4.90 Å². The first-order chi connectivity index (χ1) is 16.2. The summed E-state index contributed by atoms with van der Waals surface area (Å²) >= 11 is 0. The van der Waals surface area contributed by atoms with Crippen LogP contribution in [-0.4, -0.2) is 56.3 Å². The standard InChI is InChI=1S/C21H33NO10P2/c1-5-28-33(25,29-6-2)21(32-34(26,30-7-3)31-8-4)17-10-9-11-18(16-17)27-15-14-22-19(23)12-13-20(22)24/h9-11,16,21H,5-8,12-15H2,1-4H3. The molecule has 192 valence electrons. The van der Waals surface area contributed by atoms with Gasteiger partial charge < -0.3 is 13.8 Å². The van der Waals surface area contributed by atoms with Crippen molar-refractivity contribution >= 4 is 27.2 Å². The molecule has 0 aromatic heterocycles. The van der Waals surface area contributed by atoms with Crippen molar-refractivity contribution in [3.05, 3.63) is 29.8 Å². The number of carbonyl (C=O) groups is 2. The summed E-state index contributed by atoms with van der Waals surface area (Å²) in [6.07, 6.45) is 0.411. The number of benzene rings is 1. The van der Waals surface area contributed by atoms with Crippen molar-refractivity contribution in [2.75, 3.05) is 39.6 Å². The Morgan fingerprint density at radius 1 is 0.882 bits per heavy atom. The Balaban J connectivity index is 2.30. The average Bonchev–Trinajstić information content (AvgIpc) is 3.10. The van der Waals surface area contributed by atoms with Gasteiger partial charge in [-0.25, -0.2) is 4.57 Å². The zero-order valence-electron chi connectivity index (χ0n) is 20.0. The first-order valence-corrected chi connectivity index (χ1v) is 14.3. The summed E-state index contributed by atoms with van der Waals surface area (Å²) in [6.45, 7) is 6.90. The van der Waals surface area contributed by atoms with E-state index < -0.39 is 21.3 Å². The van der Waals surface area contributed by atoms with E-state index in [0.29, 0.717) is 11.3 Å². The lowest BCUT2D eigenvalue weighted by Gasteiger charge is -2.29. The Hall–Kier alpha value is -1.58. The highest BCUT2D eigenvalue weighted by molar-refractivity contribution is 7.55. The van der Waals surface area contributed by atoms with E-state index in [1.54, 1.807) is 45.9 Å². The van der Waals surface area contributed by atoms with E-state index in [-0.39, 0.29) is 64.2 Å². The Bertz CT molecular complexity index is 889. The Kier molecular flexibility index (Phi) is 11.4. The number of amides is 2. The molecule has 0 bridgehead atoms. The topological polar surface area (TPSA) is 127 Å². The largest absolute Gasteiger partial charge is 0.492 e. The van der Waals surface area contributed by atoms with Crippen LogP contribution in [0.4, 0.5) is 0 Å². The maximum absolute atomic E-state index is 13.6. The number of nitrogens with zero attached hydrogens (tertiary/aromatic N) is 1. The highest BCUT2D eigenvalue weighted by atomic mass is 31.2. The predicted octanol–water partition coefficient (Wildman–Crippen LogP) is 4.68. The lowest BCUT2D eigenvalue weighted by Crippen LogP contribution is -2.33. The van der Waals surface area contributed by atoms with Crippen LogP contribution in [0.15, 0.2) is 24.3 Å². The Morgan fingerprint density at radius 2 is 1.44 bits per heavy atom. The number of likely N-dealkylation sites (tertiary alicyclic amines) is 1. The lowest BCUT2D eigenvalue weighted by atomic mass is 10.2. The number of hydrogen-bond acceptors (Lipinski definition) is 10. The molecule has 2 rings (SSSR count). The number of phosphoric ester groups is 1. The highest BCUT2D eigenvalue weighted by Gasteiger charge is 2.44. The van der Waals surface area contributed by atoms with Gasteiger partial charge in [0.25, 0.3) is 0 Å². The molecule has 0 saturated carbocycles. The van der Waals surface area contributed by atoms with Crippen LogP contribution in [0.3, 0.4) is 0 Å². The molecule has 1 saturated heterocycles. The number of phosphoric acid groups is 1. The second kappa shape index (κ2) is 13.5. The predicted molar refractivity (Wildman–Crippen MR) is 123 cm³/mol. The fraction of sp³-hybridized carbons (Fsp3) is 0.619. The molecule has 0 spiro atoms. The quantitative estimate of drug-likeness (QED) is 0.224. The van der Waals surface area contributed by atoms with Gasteiger partial charge in [-0.05, 0) is 45.4 Å². The van der Waals surface area contributed by atoms with Crippen LogP contribution in [0.2, 0.25) is 0 Å². The van der Waals surface area contributed by atoms with Gasteiger partial charge in [-0.15, -0.1) is 0 Å². The zero-order chi connectivity index (χ0) is 25.2. The molecule has 1 aliphatic heterocycles. The van der Waals surface area contributed by atoms with Gasteiger partial charge in [0.1, 0.15) is 12.4 Å². The van der Waals surface area contributed by atoms with Crippen LogP contribution >= 0.6 is 15.4 Å². The minimum absolute atomic E-state index is 0.0364. The third-order valence-electron chi connectivity index (χ3n) is 4.59. The number of imide groups is 1. The van der Waals surface area contributed by atoms with E-state index in [1.165, 1.54) is 6.07 Å². The smallest absolute Gasteiger partial charge is 0.475 e. The van der Waals surface area contributed by atoms with Crippen molar-refractivity contribution in [2.24, 2.45) is 0 Å². The van der Waals surface area contributed by atoms with Crippen molar-refractivity contribution in [1.29, 1.82) is 0 Å². The molecule has 0 radical (unpaired) electrons. The molecular weight excluding hydrogens is 488 g/mol. The molecule has 11 nitrogen and oxygen atoms in total. The molecule has 2 amide bonds. The first-order valence-electron chi connectivity index (χ1n) is 11.2. The van der Waals surface area contributed by atoms with Crippen molar-refractivity contribution in [2.45, 2.75) is 46.4 Å². The van der Waals surface area contributed by atoms with E-state index in [4.69, 9.17) is 27.4 Å². The van der Waals surface area contributed by atoms with Gasteiger partial charge in [-0.3, -0.25) is 32.6 Å². The van der Waals surface area contributed by atoms with E-state index >= 15 is 0 Å². The van der Waals surface area contributed by atoms with Crippen LogP contribution in [0, 0.1) is 0 Å². The molecule has 1 aromatic carbocycles. The number of carbonyl (C=O) groups excluding carboxylic acids is 2. The van der Waals surface area contributed by atoms with Crippen molar-refractivity contribution in [3.8, 4) is 5.75 Å². The Labute approximate surface area is 200 Å². The summed E-state index contributed by atoms with van der Waals surface area (Å²) in [5.74, 6) is -1.53. The second-order valence-electron chi connectivity index (χ2n) is 6.98. The number of hydrogen-bond donors (Lipinski definition) is 0. The zero-order valence-corrected chi connectivity index (χ0v) is 21.8. The summed E-state index contributed by atoms with van der Waals surface area (Å²) in [5.41, 5.74) is 0.302. The van der Waals surface area contributed by atoms with Crippen LogP contribution in [0.1, 0.15) is 51.9 Å². The minimum atomic E-state index is -4.10.